The van der Waals surface area contributed by atoms with Gasteiger partial charge >= 0.3 is 0 Å². The molecule has 0 unspecified atom stereocenters. The molecule has 0 saturated heterocycles. The molecule has 0 atom stereocenters. The summed E-state index contributed by atoms with van der Waals surface area (Å²) in [7, 11) is 0. The van der Waals surface area contributed by atoms with Crippen molar-refractivity contribution in [1.82, 2.24) is 19.7 Å². The molecule has 5 nitrogen and oxygen atoms in total. The van der Waals surface area contributed by atoms with Crippen molar-refractivity contribution < 1.29 is 5.11 Å². The zero-order valence-corrected chi connectivity index (χ0v) is 13.6. The summed E-state index contributed by atoms with van der Waals surface area (Å²) in [5, 5.41) is 16.4. The molecule has 0 aliphatic carbocycles. The van der Waals surface area contributed by atoms with E-state index in [4.69, 9.17) is 34.8 Å². The van der Waals surface area contributed by atoms with Crippen LogP contribution in [-0.4, -0.2) is 31.1 Å². The lowest BCUT2D eigenvalue weighted by Crippen LogP contribution is -2.00. The van der Waals surface area contributed by atoms with Crippen LogP contribution < -0.4 is 0 Å². The number of thioether (sulfide) groups is 1. The maximum atomic E-state index is 9.92. The lowest BCUT2D eigenvalue weighted by Gasteiger charge is -2.08. The SMILES string of the molecule is CSc1nn(-c2c(Cl)cc(Cl)cc2Cl)c2ncnc(O)c12. The number of aromatic nitrogens is 4. The molecule has 0 spiro atoms. The van der Waals surface area contributed by atoms with Gasteiger partial charge in [0.25, 0.3) is 0 Å². The molecule has 3 rings (SSSR count). The van der Waals surface area contributed by atoms with Gasteiger partial charge in [0.1, 0.15) is 22.4 Å². The van der Waals surface area contributed by atoms with Gasteiger partial charge in [-0.3, -0.25) is 0 Å². The number of aromatic hydroxyl groups is 1. The molecule has 2 aromatic heterocycles. The fourth-order valence-electron chi connectivity index (χ4n) is 1.94. The van der Waals surface area contributed by atoms with Gasteiger partial charge in [-0.2, -0.15) is 5.10 Å². The van der Waals surface area contributed by atoms with Gasteiger partial charge in [0.05, 0.1) is 10.0 Å². The second kappa shape index (κ2) is 5.53. The van der Waals surface area contributed by atoms with Gasteiger partial charge in [0.2, 0.25) is 5.88 Å². The molecule has 3 aromatic rings. The van der Waals surface area contributed by atoms with Gasteiger partial charge in [-0.05, 0) is 18.4 Å². The number of hydrogen-bond donors (Lipinski definition) is 1. The Morgan fingerprint density at radius 2 is 1.81 bits per heavy atom. The summed E-state index contributed by atoms with van der Waals surface area (Å²) < 4.78 is 1.48. The van der Waals surface area contributed by atoms with Gasteiger partial charge in [-0.1, -0.05) is 34.8 Å². The Kier molecular flexibility index (Phi) is 3.88. The van der Waals surface area contributed by atoms with Crippen molar-refractivity contribution >= 4 is 57.6 Å². The molecule has 0 aliphatic rings. The lowest BCUT2D eigenvalue weighted by molar-refractivity contribution is 0.458. The summed E-state index contributed by atoms with van der Waals surface area (Å²) in [5.41, 5.74) is 0.865. The van der Waals surface area contributed by atoms with Crippen LogP contribution in [0.4, 0.5) is 0 Å². The molecule has 1 aromatic carbocycles. The number of fused-ring (bicyclic) bond motifs is 1. The molecule has 21 heavy (non-hydrogen) atoms. The first-order chi connectivity index (χ1) is 10.0. The van der Waals surface area contributed by atoms with E-state index in [1.807, 2.05) is 6.26 Å². The third-order valence-corrected chi connectivity index (χ3v) is 4.27. The highest BCUT2D eigenvalue weighted by molar-refractivity contribution is 7.98. The molecular weight excluding hydrogens is 355 g/mol. The van der Waals surface area contributed by atoms with Gasteiger partial charge in [0, 0.05) is 5.02 Å². The van der Waals surface area contributed by atoms with Crippen molar-refractivity contribution in [3.63, 3.8) is 0 Å². The zero-order chi connectivity index (χ0) is 15.1. The second-order valence-electron chi connectivity index (χ2n) is 4.04. The van der Waals surface area contributed by atoms with Crippen LogP contribution in [-0.2, 0) is 0 Å². The highest BCUT2D eigenvalue weighted by Crippen LogP contribution is 2.37. The van der Waals surface area contributed by atoms with E-state index in [1.165, 1.54) is 22.8 Å². The highest BCUT2D eigenvalue weighted by Gasteiger charge is 2.20. The molecule has 1 N–H and O–H groups in total. The monoisotopic (exact) mass is 360 g/mol. The van der Waals surface area contributed by atoms with Crippen LogP contribution in [0.1, 0.15) is 0 Å². The van der Waals surface area contributed by atoms with Crippen LogP contribution in [0.2, 0.25) is 15.1 Å². The minimum absolute atomic E-state index is 0.142. The van der Waals surface area contributed by atoms with Gasteiger partial charge in [-0.25, -0.2) is 14.6 Å². The molecule has 0 amide bonds. The minimum Gasteiger partial charge on any atom is -0.493 e. The first-order valence-corrected chi connectivity index (χ1v) is 8.00. The van der Waals surface area contributed by atoms with Crippen LogP contribution >= 0.6 is 46.6 Å². The number of rotatable bonds is 2. The Morgan fingerprint density at radius 3 is 2.43 bits per heavy atom. The van der Waals surface area contributed by atoms with E-state index < -0.39 is 0 Å². The van der Waals surface area contributed by atoms with Crippen molar-refractivity contribution in [2.24, 2.45) is 0 Å². The Labute approximate surface area is 138 Å². The normalized spacial score (nSPS) is 11.2. The summed E-state index contributed by atoms with van der Waals surface area (Å²) in [6.45, 7) is 0. The Balaban J connectivity index is 2.39. The molecular formula is C12H7Cl3N4OS. The third-order valence-electron chi connectivity index (χ3n) is 2.80. The van der Waals surface area contributed by atoms with Crippen LogP contribution in [0.25, 0.3) is 16.7 Å². The number of hydrogen-bond acceptors (Lipinski definition) is 5. The molecule has 0 bridgehead atoms. The van der Waals surface area contributed by atoms with Crippen LogP contribution in [0.15, 0.2) is 23.5 Å². The number of benzene rings is 1. The van der Waals surface area contributed by atoms with E-state index in [-0.39, 0.29) is 5.88 Å². The quantitative estimate of drug-likeness (QED) is 0.693. The van der Waals surface area contributed by atoms with Crippen molar-refractivity contribution in [2.75, 3.05) is 6.26 Å². The van der Waals surface area contributed by atoms with E-state index >= 15 is 0 Å². The maximum absolute atomic E-state index is 9.92. The van der Waals surface area contributed by atoms with E-state index in [2.05, 4.69) is 15.1 Å². The zero-order valence-electron chi connectivity index (χ0n) is 10.5. The van der Waals surface area contributed by atoms with Gasteiger partial charge in [0.15, 0.2) is 5.65 Å². The molecule has 0 radical (unpaired) electrons. The molecule has 9 heteroatoms. The van der Waals surface area contributed by atoms with Crippen molar-refractivity contribution in [3.05, 3.63) is 33.5 Å². The molecule has 2 heterocycles. The van der Waals surface area contributed by atoms with Crippen molar-refractivity contribution in [2.45, 2.75) is 5.03 Å². The average molecular weight is 362 g/mol. The van der Waals surface area contributed by atoms with Crippen LogP contribution in [0, 0.1) is 0 Å². The predicted octanol–water partition coefficient (Wildman–Crippen LogP) is 4.20. The fourth-order valence-corrected chi connectivity index (χ4v) is 3.47. The van der Waals surface area contributed by atoms with E-state index in [1.54, 1.807) is 12.1 Å². The largest absolute Gasteiger partial charge is 0.493 e. The molecule has 0 saturated carbocycles. The van der Waals surface area contributed by atoms with Gasteiger partial charge in [-0.15, -0.1) is 11.8 Å². The number of halogens is 3. The summed E-state index contributed by atoms with van der Waals surface area (Å²) in [6.07, 6.45) is 3.08. The van der Waals surface area contributed by atoms with Crippen LogP contribution in [0.3, 0.4) is 0 Å². The predicted molar refractivity (Wildman–Crippen MR) is 85.1 cm³/mol. The molecule has 108 valence electrons. The topological polar surface area (TPSA) is 63.8 Å². The summed E-state index contributed by atoms with van der Waals surface area (Å²) >= 11 is 19.7. The maximum Gasteiger partial charge on any atom is 0.226 e. The summed E-state index contributed by atoms with van der Waals surface area (Å²) in [5.74, 6) is -0.142. The van der Waals surface area contributed by atoms with Gasteiger partial charge < -0.3 is 5.11 Å². The Hall–Kier alpha value is -1.21. The standard InChI is InChI=1S/C12H7Cl3N4OS/c1-21-12-8-10(16-4-17-11(8)20)19(18-12)9-6(14)2-5(13)3-7(9)15/h2-4H,1H3,(H,16,17,20). The number of nitrogens with zero attached hydrogens (tertiary/aromatic N) is 4. The van der Waals surface area contributed by atoms with E-state index in [9.17, 15) is 5.11 Å². The first kappa shape index (κ1) is 14.7. The van der Waals surface area contributed by atoms with Crippen LogP contribution in [0.5, 0.6) is 5.88 Å². The first-order valence-electron chi connectivity index (χ1n) is 5.64. The minimum atomic E-state index is -0.142. The molecule has 0 aliphatic heterocycles. The molecule has 0 fully saturated rings. The second-order valence-corrected chi connectivity index (χ2v) is 6.08. The average Bonchev–Trinajstić information content (AvgIpc) is 2.78. The Bertz CT molecular complexity index is 829. The Morgan fingerprint density at radius 1 is 1.14 bits per heavy atom. The van der Waals surface area contributed by atoms with E-state index in [0.29, 0.717) is 36.8 Å². The smallest absolute Gasteiger partial charge is 0.226 e. The third kappa shape index (κ3) is 2.42. The van der Waals surface area contributed by atoms with E-state index in [0.717, 1.165) is 0 Å². The summed E-state index contributed by atoms with van der Waals surface area (Å²) in [4.78, 5) is 7.93. The summed E-state index contributed by atoms with van der Waals surface area (Å²) in [6, 6.07) is 3.13. The lowest BCUT2D eigenvalue weighted by atomic mass is 10.3. The van der Waals surface area contributed by atoms with Crippen molar-refractivity contribution in [1.29, 1.82) is 0 Å². The van der Waals surface area contributed by atoms with Crippen molar-refractivity contribution in [3.8, 4) is 11.6 Å². The highest BCUT2D eigenvalue weighted by atomic mass is 35.5. The fraction of sp³-hybridized carbons (Fsp3) is 0.0833.